The zero-order valence-corrected chi connectivity index (χ0v) is 20.6. The number of halogens is 4. The van der Waals surface area contributed by atoms with Crippen LogP contribution in [0.15, 0.2) is 71.6 Å². The normalized spacial score (nSPS) is 12.1. The standard InChI is InChI=1S/C25H19F4NO4S2/c1-15-19-5-3-4-6-22(19)35-23(15)30(14-16-7-12-21(26)20(13-16)25(27,28)29)36(32,33)18-10-8-17(9-11-18)24(31)34-2/h3-13H,14H2,1-2H3/i26-1. The third-order valence-corrected chi connectivity index (χ3v) is 8.74. The molecule has 3 aromatic carbocycles. The summed E-state index contributed by atoms with van der Waals surface area (Å²) in [6.07, 6.45) is -4.94. The first kappa shape index (κ1) is 25.6. The van der Waals surface area contributed by atoms with E-state index in [1.54, 1.807) is 19.1 Å². The third kappa shape index (κ3) is 4.80. The summed E-state index contributed by atoms with van der Waals surface area (Å²) in [5, 5.41) is 1.11. The Balaban J connectivity index is 1.86. The number of carbonyl (C=O) groups excluding carboxylic acids is 1. The van der Waals surface area contributed by atoms with Crippen molar-refractivity contribution in [3.05, 3.63) is 94.8 Å². The van der Waals surface area contributed by atoms with E-state index in [-0.39, 0.29) is 16.0 Å². The molecule has 1 aromatic heterocycles. The minimum atomic E-state index is -4.94. The zero-order chi connectivity index (χ0) is 26.3. The molecule has 0 aliphatic heterocycles. The summed E-state index contributed by atoms with van der Waals surface area (Å²) in [6.45, 7) is 1.25. The largest absolute Gasteiger partial charge is 0.465 e. The number of hydrogen-bond donors (Lipinski definition) is 0. The summed E-state index contributed by atoms with van der Waals surface area (Å²) in [5.41, 5.74) is -0.763. The Morgan fingerprint density at radius 1 is 1.03 bits per heavy atom. The van der Waals surface area contributed by atoms with Crippen LogP contribution in [0.1, 0.15) is 27.0 Å². The monoisotopic (exact) mass is 536 g/mol. The first-order valence-corrected chi connectivity index (χ1v) is 12.7. The molecule has 0 saturated carbocycles. The van der Waals surface area contributed by atoms with Gasteiger partial charge in [-0.15, -0.1) is 11.3 Å². The van der Waals surface area contributed by atoms with E-state index >= 15 is 0 Å². The van der Waals surface area contributed by atoms with Gasteiger partial charge in [-0.25, -0.2) is 17.6 Å². The van der Waals surface area contributed by atoms with Crippen molar-refractivity contribution in [1.82, 2.24) is 0 Å². The number of hydrogen-bond acceptors (Lipinski definition) is 5. The van der Waals surface area contributed by atoms with Crippen molar-refractivity contribution < 1.29 is 35.5 Å². The number of benzene rings is 3. The Labute approximate surface area is 208 Å². The summed E-state index contributed by atoms with van der Waals surface area (Å²) in [5.74, 6) is -2.10. The smallest absolute Gasteiger partial charge is 0.419 e. The molecule has 0 spiro atoms. The average Bonchev–Trinajstić information content (AvgIpc) is 3.18. The van der Waals surface area contributed by atoms with Crippen molar-refractivity contribution in [2.45, 2.75) is 24.5 Å². The topological polar surface area (TPSA) is 63.7 Å². The molecule has 0 N–H and O–H groups in total. The van der Waals surface area contributed by atoms with Crippen molar-refractivity contribution in [2.75, 3.05) is 11.4 Å². The number of sulfonamides is 1. The van der Waals surface area contributed by atoms with Crippen molar-refractivity contribution in [3.8, 4) is 0 Å². The SMILES string of the molecule is COC(=O)c1ccc(S(=O)(=O)N(Cc2ccc([18F])c(C(F)(F)F)c2)c2sc3ccccc3c2C)cc1. The molecule has 0 aliphatic carbocycles. The summed E-state index contributed by atoms with van der Waals surface area (Å²) < 4.78 is 87.8. The Kier molecular flexibility index (Phi) is 6.80. The van der Waals surface area contributed by atoms with Gasteiger partial charge in [0.2, 0.25) is 0 Å². The third-order valence-electron chi connectivity index (χ3n) is 5.57. The fourth-order valence-electron chi connectivity index (χ4n) is 3.73. The molecule has 4 rings (SSSR count). The lowest BCUT2D eigenvalue weighted by Gasteiger charge is -2.24. The summed E-state index contributed by atoms with van der Waals surface area (Å²) in [6, 6.07) is 14.7. The van der Waals surface area contributed by atoms with E-state index in [4.69, 9.17) is 0 Å². The lowest BCUT2D eigenvalue weighted by Crippen LogP contribution is -2.30. The molecule has 1 heterocycles. The Hall–Kier alpha value is -3.44. The van der Waals surface area contributed by atoms with Gasteiger partial charge in [-0.1, -0.05) is 24.3 Å². The fourth-order valence-corrected chi connectivity index (χ4v) is 6.66. The maximum Gasteiger partial charge on any atom is 0.419 e. The molecule has 36 heavy (non-hydrogen) atoms. The van der Waals surface area contributed by atoms with Crippen molar-refractivity contribution in [2.24, 2.45) is 0 Å². The van der Waals surface area contributed by atoms with Crippen LogP contribution >= 0.6 is 11.3 Å². The van der Waals surface area contributed by atoms with Crippen LogP contribution in [-0.4, -0.2) is 21.5 Å². The molecule has 0 saturated heterocycles. The molecule has 0 amide bonds. The number of fused-ring (bicyclic) bond motifs is 1. The minimum Gasteiger partial charge on any atom is -0.465 e. The number of esters is 1. The summed E-state index contributed by atoms with van der Waals surface area (Å²) in [7, 11) is -3.12. The van der Waals surface area contributed by atoms with E-state index in [1.807, 2.05) is 12.1 Å². The van der Waals surface area contributed by atoms with Crippen LogP contribution in [0.25, 0.3) is 10.1 Å². The van der Waals surface area contributed by atoms with Gasteiger partial charge in [0.05, 0.1) is 29.7 Å². The van der Waals surface area contributed by atoms with Crippen LogP contribution < -0.4 is 4.31 Å². The van der Waals surface area contributed by atoms with Crippen molar-refractivity contribution >= 4 is 42.4 Å². The van der Waals surface area contributed by atoms with Gasteiger partial charge >= 0.3 is 12.1 Å². The van der Waals surface area contributed by atoms with E-state index in [9.17, 15) is 30.8 Å². The van der Waals surface area contributed by atoms with E-state index in [0.717, 1.165) is 20.5 Å². The number of nitrogens with zero attached hydrogens (tertiary/aromatic N) is 1. The number of carbonyl (C=O) groups is 1. The molecule has 0 atom stereocenters. The summed E-state index contributed by atoms with van der Waals surface area (Å²) in [4.78, 5) is 11.6. The molecule has 0 fully saturated rings. The number of anilines is 1. The number of aryl methyl sites for hydroxylation is 1. The number of ether oxygens (including phenoxy) is 1. The van der Waals surface area contributed by atoms with Gasteiger partial charge in [-0.05, 0) is 65.9 Å². The Morgan fingerprint density at radius 3 is 2.31 bits per heavy atom. The number of methoxy groups -OCH3 is 1. The highest BCUT2D eigenvalue weighted by Gasteiger charge is 2.35. The first-order chi connectivity index (χ1) is 16.9. The molecule has 11 heteroatoms. The van der Waals surface area contributed by atoms with Crippen LogP contribution in [0, 0.1) is 12.7 Å². The zero-order valence-electron chi connectivity index (χ0n) is 19.0. The van der Waals surface area contributed by atoms with E-state index in [1.165, 1.54) is 42.7 Å². The number of alkyl halides is 3. The fraction of sp³-hybridized carbons (Fsp3) is 0.160. The quantitative estimate of drug-likeness (QED) is 0.207. The highest BCUT2D eigenvalue weighted by Crippen LogP contribution is 2.41. The van der Waals surface area contributed by atoms with Crippen molar-refractivity contribution in [1.29, 1.82) is 0 Å². The average molecular weight is 537 g/mol. The van der Waals surface area contributed by atoms with Crippen molar-refractivity contribution in [3.63, 3.8) is 0 Å². The molecular weight excluding hydrogens is 517 g/mol. The molecule has 188 valence electrons. The van der Waals surface area contributed by atoms with Crippen LogP contribution in [0.2, 0.25) is 0 Å². The van der Waals surface area contributed by atoms with Gasteiger partial charge in [0.15, 0.2) is 0 Å². The van der Waals surface area contributed by atoms with Gasteiger partial charge in [0, 0.05) is 4.70 Å². The second-order valence-electron chi connectivity index (χ2n) is 7.87. The lowest BCUT2D eigenvalue weighted by molar-refractivity contribution is -0.140. The van der Waals surface area contributed by atoms with Crippen LogP contribution in [0.3, 0.4) is 0 Å². The van der Waals surface area contributed by atoms with Gasteiger partial charge in [-0.3, -0.25) is 4.31 Å². The number of rotatable bonds is 6. The maximum atomic E-state index is 13.9. The Morgan fingerprint density at radius 2 is 1.69 bits per heavy atom. The maximum absolute atomic E-state index is 13.9. The molecule has 0 radical (unpaired) electrons. The van der Waals surface area contributed by atoms with E-state index in [2.05, 4.69) is 4.74 Å². The van der Waals surface area contributed by atoms with Gasteiger partial charge < -0.3 is 4.74 Å². The lowest BCUT2D eigenvalue weighted by atomic mass is 10.1. The predicted octanol–water partition coefficient (Wildman–Crippen LogP) is 6.55. The van der Waals surface area contributed by atoms with Gasteiger partial charge in [-0.2, -0.15) is 13.2 Å². The van der Waals surface area contributed by atoms with E-state index < -0.39 is 40.1 Å². The molecule has 5 nitrogen and oxygen atoms in total. The van der Waals surface area contributed by atoms with Crippen LogP contribution in [-0.2, 0) is 27.5 Å². The summed E-state index contributed by atoms with van der Waals surface area (Å²) >= 11 is 1.17. The van der Waals surface area contributed by atoms with Gasteiger partial charge in [0.1, 0.15) is 10.8 Å². The van der Waals surface area contributed by atoms with Crippen LogP contribution in [0.5, 0.6) is 0 Å². The Bertz CT molecular complexity index is 1540. The molecule has 0 aliphatic rings. The van der Waals surface area contributed by atoms with E-state index in [0.29, 0.717) is 22.7 Å². The van der Waals surface area contributed by atoms with Crippen LogP contribution in [0.4, 0.5) is 22.6 Å². The molecule has 0 unspecified atom stereocenters. The molecule has 4 aromatic rings. The second-order valence-corrected chi connectivity index (χ2v) is 10.8. The predicted molar refractivity (Wildman–Crippen MR) is 129 cm³/mol. The molecular formula is C25H19F4NO4S2. The first-order valence-electron chi connectivity index (χ1n) is 10.5. The highest BCUT2D eigenvalue weighted by atomic mass is 32.2. The van der Waals surface area contributed by atoms with Gasteiger partial charge in [0.25, 0.3) is 10.0 Å². The second kappa shape index (κ2) is 9.55. The molecule has 0 bridgehead atoms. The highest BCUT2D eigenvalue weighted by molar-refractivity contribution is 7.93. The number of thiophene rings is 1. The minimum absolute atomic E-state index is 0.0460.